The van der Waals surface area contributed by atoms with Gasteiger partial charge in [0.2, 0.25) is 0 Å². The summed E-state index contributed by atoms with van der Waals surface area (Å²) in [5, 5.41) is 12.1. The zero-order valence-corrected chi connectivity index (χ0v) is 18.4. The molecule has 3 unspecified atom stereocenters. The minimum Gasteiger partial charge on any atom is -0.460 e. The van der Waals surface area contributed by atoms with Crippen molar-refractivity contribution >= 4 is 5.97 Å². The summed E-state index contributed by atoms with van der Waals surface area (Å²) in [6.45, 7) is 10.5. The minimum absolute atomic E-state index is 0.0534. The highest BCUT2D eigenvalue weighted by Gasteiger charge is 2.12. The Morgan fingerprint density at radius 2 is 1.76 bits per heavy atom. The van der Waals surface area contributed by atoms with Gasteiger partial charge in [-0.2, -0.15) is 0 Å². The molecule has 0 aromatic rings. The molecular formula is C22H39NO6. The van der Waals surface area contributed by atoms with Crippen LogP contribution in [0.2, 0.25) is 0 Å². The van der Waals surface area contributed by atoms with Gasteiger partial charge in [-0.3, -0.25) is 0 Å². The molecule has 168 valence electrons. The van der Waals surface area contributed by atoms with Gasteiger partial charge < -0.3 is 29.4 Å². The summed E-state index contributed by atoms with van der Waals surface area (Å²) >= 11 is 0. The molecule has 0 bridgehead atoms. The van der Waals surface area contributed by atoms with E-state index in [1.807, 2.05) is 33.8 Å². The number of ether oxygens (including phenoxy) is 4. The van der Waals surface area contributed by atoms with E-state index in [-0.39, 0.29) is 37.5 Å². The van der Waals surface area contributed by atoms with E-state index < -0.39 is 0 Å². The van der Waals surface area contributed by atoms with Gasteiger partial charge in [-0.15, -0.1) is 0 Å². The fourth-order valence-corrected chi connectivity index (χ4v) is 2.85. The molecule has 1 rings (SSSR count). The summed E-state index contributed by atoms with van der Waals surface area (Å²) in [7, 11) is 0. The van der Waals surface area contributed by atoms with Crippen LogP contribution in [0.25, 0.3) is 0 Å². The van der Waals surface area contributed by atoms with Crippen molar-refractivity contribution in [3.05, 3.63) is 23.4 Å². The van der Waals surface area contributed by atoms with Crippen LogP contribution in [0.5, 0.6) is 0 Å². The second-order valence-corrected chi connectivity index (χ2v) is 7.43. The molecule has 0 fully saturated rings. The molecule has 1 aliphatic carbocycles. The summed E-state index contributed by atoms with van der Waals surface area (Å²) in [4.78, 5) is 12.1. The van der Waals surface area contributed by atoms with E-state index in [1.165, 1.54) is 0 Å². The smallest absolute Gasteiger partial charge is 0.331 e. The fourth-order valence-electron chi connectivity index (χ4n) is 2.85. The predicted octanol–water partition coefficient (Wildman–Crippen LogP) is 2.73. The molecule has 3 atom stereocenters. The lowest BCUT2D eigenvalue weighted by Crippen LogP contribution is -2.27. The first kappa shape index (κ1) is 25.6. The summed E-state index contributed by atoms with van der Waals surface area (Å²) in [5.41, 5.74) is 2.07. The van der Waals surface area contributed by atoms with Crippen LogP contribution in [-0.4, -0.2) is 69.0 Å². The maximum absolute atomic E-state index is 12.1. The normalized spacial score (nSPS) is 18.8. The summed E-state index contributed by atoms with van der Waals surface area (Å²) < 4.78 is 22.1. The minimum atomic E-state index is -0.349. The molecule has 0 heterocycles. The van der Waals surface area contributed by atoms with Gasteiger partial charge >= 0.3 is 5.97 Å². The monoisotopic (exact) mass is 413 g/mol. The lowest BCUT2D eigenvalue weighted by molar-refractivity contribution is -0.142. The van der Waals surface area contributed by atoms with Gasteiger partial charge in [0.25, 0.3) is 0 Å². The number of aliphatic hydroxyl groups excluding tert-OH is 1. The SMILES string of the molecule is CCOC(C)COC(C)COC(C)COC(=O)/C=C1\C=C(NCCCO)CCC1. The van der Waals surface area contributed by atoms with Crippen LogP contribution in [0.3, 0.4) is 0 Å². The lowest BCUT2D eigenvalue weighted by atomic mass is 9.99. The number of allylic oxidation sites excluding steroid dienone is 3. The van der Waals surface area contributed by atoms with Crippen LogP contribution in [0.15, 0.2) is 23.4 Å². The van der Waals surface area contributed by atoms with Crippen molar-refractivity contribution in [2.75, 3.05) is 39.6 Å². The van der Waals surface area contributed by atoms with Crippen molar-refractivity contribution < 1.29 is 28.8 Å². The second kappa shape index (κ2) is 15.4. The van der Waals surface area contributed by atoms with Crippen molar-refractivity contribution in [3.63, 3.8) is 0 Å². The highest BCUT2D eigenvalue weighted by Crippen LogP contribution is 2.20. The molecule has 7 nitrogen and oxygen atoms in total. The maximum atomic E-state index is 12.1. The first-order valence-electron chi connectivity index (χ1n) is 10.7. The third-order valence-electron chi connectivity index (χ3n) is 4.40. The lowest BCUT2D eigenvalue weighted by Gasteiger charge is -2.19. The summed E-state index contributed by atoms with van der Waals surface area (Å²) in [5.74, 6) is -0.349. The number of esters is 1. The first-order chi connectivity index (χ1) is 13.9. The Hall–Kier alpha value is -1.41. The number of carbonyl (C=O) groups is 1. The van der Waals surface area contributed by atoms with Crippen molar-refractivity contribution in [2.45, 2.75) is 71.7 Å². The van der Waals surface area contributed by atoms with Gasteiger partial charge in [-0.1, -0.05) is 0 Å². The second-order valence-electron chi connectivity index (χ2n) is 7.43. The van der Waals surface area contributed by atoms with E-state index in [2.05, 4.69) is 5.32 Å². The van der Waals surface area contributed by atoms with E-state index in [0.717, 1.165) is 37.1 Å². The third-order valence-corrected chi connectivity index (χ3v) is 4.40. The van der Waals surface area contributed by atoms with Crippen LogP contribution in [0, 0.1) is 0 Å². The Balaban J connectivity index is 2.27. The molecular weight excluding hydrogens is 374 g/mol. The van der Waals surface area contributed by atoms with Crippen LogP contribution in [-0.2, 0) is 23.7 Å². The van der Waals surface area contributed by atoms with Crippen LogP contribution in [0.4, 0.5) is 0 Å². The average Bonchev–Trinajstić information content (AvgIpc) is 2.70. The van der Waals surface area contributed by atoms with Crippen LogP contribution < -0.4 is 5.32 Å². The number of rotatable bonds is 15. The molecule has 0 spiro atoms. The van der Waals surface area contributed by atoms with Crippen LogP contribution in [0.1, 0.15) is 53.4 Å². The molecule has 0 saturated heterocycles. The average molecular weight is 414 g/mol. The zero-order chi connectivity index (χ0) is 21.5. The molecule has 0 aromatic heterocycles. The number of hydrogen-bond donors (Lipinski definition) is 2. The van der Waals surface area contributed by atoms with Crippen molar-refractivity contribution in [3.8, 4) is 0 Å². The highest BCUT2D eigenvalue weighted by molar-refractivity contribution is 5.83. The molecule has 7 heteroatoms. The van der Waals surface area contributed by atoms with Crippen molar-refractivity contribution in [1.29, 1.82) is 0 Å². The number of hydrogen-bond acceptors (Lipinski definition) is 7. The molecule has 0 aliphatic heterocycles. The van der Waals surface area contributed by atoms with E-state index >= 15 is 0 Å². The Bertz CT molecular complexity index is 519. The Kier molecular flexibility index (Phi) is 13.6. The van der Waals surface area contributed by atoms with E-state index in [9.17, 15) is 4.79 Å². The number of carbonyl (C=O) groups excluding carboxylic acids is 1. The quantitative estimate of drug-likeness (QED) is 0.242. The van der Waals surface area contributed by atoms with Gasteiger partial charge in [-0.25, -0.2) is 4.79 Å². The first-order valence-corrected chi connectivity index (χ1v) is 10.7. The van der Waals surface area contributed by atoms with Crippen molar-refractivity contribution in [1.82, 2.24) is 5.32 Å². The molecule has 2 N–H and O–H groups in total. The van der Waals surface area contributed by atoms with Gasteiger partial charge in [0.05, 0.1) is 31.5 Å². The van der Waals surface area contributed by atoms with Gasteiger partial charge in [0.15, 0.2) is 0 Å². The van der Waals surface area contributed by atoms with Gasteiger partial charge in [0, 0.05) is 31.5 Å². The molecule has 0 radical (unpaired) electrons. The topological polar surface area (TPSA) is 86.2 Å². The summed E-state index contributed by atoms with van der Waals surface area (Å²) in [6, 6.07) is 0. The Labute approximate surface area is 175 Å². The number of aliphatic hydroxyl groups is 1. The van der Waals surface area contributed by atoms with Gasteiger partial charge in [-0.05, 0) is 65.0 Å². The predicted molar refractivity (Wildman–Crippen MR) is 113 cm³/mol. The van der Waals surface area contributed by atoms with Gasteiger partial charge in [0.1, 0.15) is 6.61 Å². The standard InChI is InChI=1S/C22H39NO6/c1-5-26-17(2)14-27-18(3)15-28-19(4)16-29-22(25)13-20-8-6-9-21(12-20)23-10-7-11-24/h12-13,17-19,23-24H,5-11,14-16H2,1-4H3/b20-13-. The molecule has 29 heavy (non-hydrogen) atoms. The highest BCUT2D eigenvalue weighted by atomic mass is 16.6. The zero-order valence-electron chi connectivity index (χ0n) is 18.4. The Morgan fingerprint density at radius 1 is 1.10 bits per heavy atom. The maximum Gasteiger partial charge on any atom is 0.331 e. The van der Waals surface area contributed by atoms with Crippen LogP contribution >= 0.6 is 0 Å². The Morgan fingerprint density at radius 3 is 2.41 bits per heavy atom. The van der Waals surface area contributed by atoms with E-state index in [0.29, 0.717) is 26.2 Å². The molecule has 0 saturated carbocycles. The molecule has 1 aliphatic rings. The summed E-state index contributed by atoms with van der Waals surface area (Å²) in [6.07, 6.45) is 6.90. The largest absolute Gasteiger partial charge is 0.460 e. The van der Waals surface area contributed by atoms with Crippen molar-refractivity contribution in [2.24, 2.45) is 0 Å². The fraction of sp³-hybridized carbons (Fsp3) is 0.773. The molecule has 0 aromatic carbocycles. The number of nitrogens with one attached hydrogen (secondary N) is 1. The van der Waals surface area contributed by atoms with E-state index in [1.54, 1.807) is 6.08 Å². The van der Waals surface area contributed by atoms with E-state index in [4.69, 9.17) is 24.1 Å². The molecule has 0 amide bonds. The third kappa shape index (κ3) is 12.7.